The van der Waals surface area contributed by atoms with Crippen molar-refractivity contribution in [2.75, 3.05) is 5.73 Å². The molecule has 0 spiro atoms. The Bertz CT molecular complexity index is 275. The predicted octanol–water partition coefficient (Wildman–Crippen LogP) is 2.08. The van der Waals surface area contributed by atoms with Gasteiger partial charge in [0.1, 0.15) is 5.69 Å². The zero-order valence-electron chi connectivity index (χ0n) is 5.86. The topological polar surface area (TPSA) is 46.2 Å². The molecule has 0 aromatic heterocycles. The van der Waals surface area contributed by atoms with E-state index in [4.69, 9.17) is 22.4 Å². The van der Waals surface area contributed by atoms with Gasteiger partial charge in [-0.15, -0.1) is 0 Å². The van der Waals surface area contributed by atoms with Crippen molar-refractivity contribution < 1.29 is 9.50 Å². The van der Waals surface area contributed by atoms with Crippen LogP contribution in [0.3, 0.4) is 0 Å². The molecule has 2 nitrogen and oxygen atoms in total. The molecule has 0 aliphatic carbocycles. The summed E-state index contributed by atoms with van der Waals surface area (Å²) in [7, 11) is 0. The first-order valence-electron chi connectivity index (χ1n) is 2.97. The summed E-state index contributed by atoms with van der Waals surface area (Å²) in [6.07, 6.45) is 0. The molecule has 0 saturated carbocycles. The first-order chi connectivity index (χ1) is 5.04. The van der Waals surface area contributed by atoms with Gasteiger partial charge in [0, 0.05) is 0 Å². The van der Waals surface area contributed by atoms with E-state index in [9.17, 15) is 4.39 Å². The molecule has 0 amide bonds. The summed E-state index contributed by atoms with van der Waals surface area (Å²) in [5.74, 6) is -1.01. The Hall–Kier alpha value is -0.960. The fourth-order valence-electron chi connectivity index (χ4n) is 0.767. The lowest BCUT2D eigenvalue weighted by molar-refractivity contribution is 0.472. The predicted molar refractivity (Wildman–Crippen MR) is 42.2 cm³/mol. The second kappa shape index (κ2) is 2.58. The largest absolute Gasteiger partial charge is 0.504 e. The highest BCUT2D eigenvalue weighted by molar-refractivity contribution is 6.32. The van der Waals surface area contributed by atoms with Crippen LogP contribution in [0.15, 0.2) is 6.07 Å². The van der Waals surface area contributed by atoms with Gasteiger partial charge in [-0.2, -0.15) is 0 Å². The zero-order valence-corrected chi connectivity index (χ0v) is 6.61. The maximum absolute atomic E-state index is 12.8. The van der Waals surface area contributed by atoms with Crippen molar-refractivity contribution in [1.29, 1.82) is 0 Å². The molecule has 0 unspecified atom stereocenters. The van der Waals surface area contributed by atoms with Crippen molar-refractivity contribution in [3.8, 4) is 5.75 Å². The molecule has 0 aliphatic heterocycles. The SMILES string of the molecule is Cc1cc(Cl)c(O)c(N)c1F. The summed E-state index contributed by atoms with van der Waals surface area (Å²) in [5, 5.41) is 9.09. The number of phenols is 1. The Labute approximate surface area is 68.4 Å². The standard InChI is InChI=1S/C7H7ClFNO/c1-3-2-4(8)7(11)6(10)5(3)9/h2,11H,10H2,1H3. The summed E-state index contributed by atoms with van der Waals surface area (Å²) in [6.45, 7) is 1.52. The highest BCUT2D eigenvalue weighted by atomic mass is 35.5. The molecule has 1 rings (SSSR count). The summed E-state index contributed by atoms with van der Waals surface area (Å²) in [6, 6.07) is 1.32. The third-order valence-corrected chi connectivity index (χ3v) is 1.70. The number of benzene rings is 1. The molecule has 60 valence electrons. The smallest absolute Gasteiger partial charge is 0.160 e. The van der Waals surface area contributed by atoms with Gasteiger partial charge in [-0.05, 0) is 18.6 Å². The molecule has 0 radical (unpaired) electrons. The minimum atomic E-state index is -0.619. The number of aryl methyl sites for hydroxylation is 1. The summed E-state index contributed by atoms with van der Waals surface area (Å²) in [4.78, 5) is 0. The van der Waals surface area contributed by atoms with Gasteiger partial charge in [0.25, 0.3) is 0 Å². The number of aromatic hydroxyl groups is 1. The zero-order chi connectivity index (χ0) is 8.59. The van der Waals surface area contributed by atoms with E-state index in [1.165, 1.54) is 13.0 Å². The van der Waals surface area contributed by atoms with E-state index in [1.807, 2.05) is 0 Å². The van der Waals surface area contributed by atoms with Crippen molar-refractivity contribution in [3.05, 3.63) is 22.5 Å². The van der Waals surface area contributed by atoms with Crippen molar-refractivity contribution in [1.82, 2.24) is 0 Å². The number of anilines is 1. The number of rotatable bonds is 0. The summed E-state index contributed by atoms with van der Waals surface area (Å²) >= 11 is 5.49. The summed E-state index contributed by atoms with van der Waals surface area (Å²) in [5.41, 5.74) is 5.20. The molecule has 1 aromatic carbocycles. The first kappa shape index (κ1) is 8.14. The molecule has 0 atom stereocenters. The van der Waals surface area contributed by atoms with Crippen LogP contribution in [-0.2, 0) is 0 Å². The minimum absolute atomic E-state index is 0.0707. The lowest BCUT2D eigenvalue weighted by Gasteiger charge is -2.04. The maximum Gasteiger partial charge on any atom is 0.160 e. The first-order valence-corrected chi connectivity index (χ1v) is 3.35. The average Bonchev–Trinajstić information content (AvgIpc) is 1.97. The Morgan fingerprint density at radius 3 is 2.73 bits per heavy atom. The van der Waals surface area contributed by atoms with E-state index in [0.29, 0.717) is 5.56 Å². The molecule has 11 heavy (non-hydrogen) atoms. The lowest BCUT2D eigenvalue weighted by atomic mass is 10.2. The summed E-state index contributed by atoms with van der Waals surface area (Å²) < 4.78 is 12.8. The van der Waals surface area contributed by atoms with E-state index in [1.54, 1.807) is 0 Å². The molecular formula is C7H7ClFNO. The number of nitrogens with two attached hydrogens (primary N) is 1. The third-order valence-electron chi connectivity index (χ3n) is 1.41. The van der Waals surface area contributed by atoms with Crippen LogP contribution in [-0.4, -0.2) is 5.11 Å². The normalized spacial score (nSPS) is 10.1. The second-order valence-corrected chi connectivity index (χ2v) is 2.66. The Balaban J connectivity index is 3.46. The second-order valence-electron chi connectivity index (χ2n) is 2.25. The van der Waals surface area contributed by atoms with Gasteiger partial charge >= 0.3 is 0 Å². The molecule has 4 heteroatoms. The van der Waals surface area contributed by atoms with Gasteiger partial charge in [0.2, 0.25) is 0 Å². The van der Waals surface area contributed by atoms with Gasteiger partial charge in [-0.3, -0.25) is 0 Å². The molecule has 0 aliphatic rings. The van der Waals surface area contributed by atoms with Crippen molar-refractivity contribution >= 4 is 17.3 Å². The van der Waals surface area contributed by atoms with E-state index in [2.05, 4.69) is 0 Å². The van der Waals surface area contributed by atoms with E-state index < -0.39 is 11.6 Å². The maximum atomic E-state index is 12.8. The van der Waals surface area contributed by atoms with Crippen LogP contribution >= 0.6 is 11.6 Å². The lowest BCUT2D eigenvalue weighted by Crippen LogP contribution is -1.94. The Morgan fingerprint density at radius 2 is 2.18 bits per heavy atom. The van der Waals surface area contributed by atoms with Crippen LogP contribution < -0.4 is 5.73 Å². The molecule has 3 N–H and O–H groups in total. The molecule has 0 bridgehead atoms. The molecule has 0 heterocycles. The van der Waals surface area contributed by atoms with Crippen LogP contribution in [0, 0.1) is 12.7 Å². The molecule has 1 aromatic rings. The molecule has 0 fully saturated rings. The number of phenolic OH excluding ortho intramolecular Hbond substituents is 1. The van der Waals surface area contributed by atoms with Gasteiger partial charge in [-0.25, -0.2) is 4.39 Å². The highest BCUT2D eigenvalue weighted by Gasteiger charge is 2.10. The molecule has 0 saturated heterocycles. The van der Waals surface area contributed by atoms with Gasteiger partial charge in [-0.1, -0.05) is 11.6 Å². The van der Waals surface area contributed by atoms with Crippen LogP contribution in [0.1, 0.15) is 5.56 Å². The number of nitrogen functional groups attached to an aromatic ring is 1. The van der Waals surface area contributed by atoms with Crippen molar-refractivity contribution in [2.45, 2.75) is 6.92 Å². The van der Waals surface area contributed by atoms with E-state index >= 15 is 0 Å². The van der Waals surface area contributed by atoms with Crippen LogP contribution in [0.25, 0.3) is 0 Å². The third kappa shape index (κ3) is 1.24. The molecular weight excluding hydrogens is 169 g/mol. The van der Waals surface area contributed by atoms with E-state index in [-0.39, 0.29) is 10.7 Å². The highest BCUT2D eigenvalue weighted by Crippen LogP contribution is 2.33. The quantitative estimate of drug-likeness (QED) is 0.469. The van der Waals surface area contributed by atoms with Crippen LogP contribution in [0.2, 0.25) is 5.02 Å². The number of hydrogen-bond acceptors (Lipinski definition) is 2. The van der Waals surface area contributed by atoms with Crippen molar-refractivity contribution in [2.24, 2.45) is 0 Å². The fourth-order valence-corrected chi connectivity index (χ4v) is 1.03. The van der Waals surface area contributed by atoms with Crippen LogP contribution in [0.4, 0.5) is 10.1 Å². The van der Waals surface area contributed by atoms with Gasteiger partial charge in [0.05, 0.1) is 5.02 Å². The van der Waals surface area contributed by atoms with Gasteiger partial charge in [0.15, 0.2) is 11.6 Å². The van der Waals surface area contributed by atoms with E-state index in [0.717, 1.165) is 0 Å². The average molecular weight is 176 g/mol. The number of hydrogen-bond donors (Lipinski definition) is 2. The number of halogens is 2. The fraction of sp³-hybridized carbons (Fsp3) is 0.143. The van der Waals surface area contributed by atoms with Crippen molar-refractivity contribution in [3.63, 3.8) is 0 Å². The van der Waals surface area contributed by atoms with Gasteiger partial charge < -0.3 is 10.8 Å². The monoisotopic (exact) mass is 175 g/mol. The minimum Gasteiger partial charge on any atom is -0.504 e. The Morgan fingerprint density at radius 1 is 1.64 bits per heavy atom. The van der Waals surface area contributed by atoms with Crippen LogP contribution in [0.5, 0.6) is 5.75 Å². The Kier molecular flexibility index (Phi) is 1.91.